The Bertz CT molecular complexity index is 502. The number of hydrogen-bond acceptors (Lipinski definition) is 3. The maximum Gasteiger partial charge on any atom is 0.235 e. The van der Waals surface area contributed by atoms with E-state index >= 15 is 0 Å². The lowest BCUT2D eigenvalue weighted by Gasteiger charge is -2.22. The minimum absolute atomic E-state index is 0.493. The lowest BCUT2D eigenvalue weighted by Crippen LogP contribution is -2.27. The van der Waals surface area contributed by atoms with Crippen molar-refractivity contribution in [2.24, 2.45) is 0 Å². The van der Waals surface area contributed by atoms with E-state index in [2.05, 4.69) is 15.3 Å². The van der Waals surface area contributed by atoms with Gasteiger partial charge in [-0.1, -0.05) is 11.6 Å². The first-order valence-electron chi connectivity index (χ1n) is 5.55. The Morgan fingerprint density at radius 3 is 3.00 bits per heavy atom. The van der Waals surface area contributed by atoms with Crippen LogP contribution in [0, 0.1) is 0 Å². The van der Waals surface area contributed by atoms with Gasteiger partial charge in [0.1, 0.15) is 0 Å². The second kappa shape index (κ2) is 4.03. The fourth-order valence-corrected chi connectivity index (χ4v) is 2.66. The molecule has 1 saturated heterocycles. The number of imidazole rings is 1. The van der Waals surface area contributed by atoms with Crippen molar-refractivity contribution in [3.63, 3.8) is 0 Å². The summed E-state index contributed by atoms with van der Waals surface area (Å²) in [6, 6.07) is 1.91. The smallest absolute Gasteiger partial charge is 0.235 e. The highest BCUT2D eigenvalue weighted by Crippen LogP contribution is 2.30. The number of nitrogens with zero attached hydrogens (tertiary/aromatic N) is 3. The molecule has 0 spiro atoms. The molecule has 0 atom stereocenters. The Hall–Kier alpha value is -1.13. The van der Waals surface area contributed by atoms with E-state index in [1.54, 1.807) is 6.20 Å². The predicted octanol–water partition coefficient (Wildman–Crippen LogP) is 1.85. The van der Waals surface area contributed by atoms with Crippen molar-refractivity contribution in [3.8, 4) is 0 Å². The summed E-state index contributed by atoms with van der Waals surface area (Å²) >= 11 is 6.21. The van der Waals surface area contributed by atoms with Crippen LogP contribution < -0.4 is 5.32 Å². The van der Waals surface area contributed by atoms with Gasteiger partial charge >= 0.3 is 0 Å². The van der Waals surface area contributed by atoms with Gasteiger partial charge < -0.3 is 5.32 Å². The zero-order chi connectivity index (χ0) is 11.0. The summed E-state index contributed by atoms with van der Waals surface area (Å²) in [6.07, 6.45) is 5.95. The van der Waals surface area contributed by atoms with E-state index < -0.39 is 0 Å². The first kappa shape index (κ1) is 10.1. The van der Waals surface area contributed by atoms with Crippen molar-refractivity contribution in [2.45, 2.75) is 18.8 Å². The van der Waals surface area contributed by atoms with Gasteiger partial charge in [0, 0.05) is 18.3 Å². The molecule has 0 radical (unpaired) electrons. The van der Waals surface area contributed by atoms with E-state index in [9.17, 15) is 0 Å². The second-order valence-electron chi connectivity index (χ2n) is 4.10. The summed E-state index contributed by atoms with van der Waals surface area (Å²) in [5, 5.41) is 3.96. The molecule has 1 N–H and O–H groups in total. The van der Waals surface area contributed by atoms with Crippen LogP contribution in [-0.4, -0.2) is 27.5 Å². The van der Waals surface area contributed by atoms with E-state index in [0.717, 1.165) is 31.6 Å². The predicted molar refractivity (Wildman–Crippen MR) is 62.8 cm³/mol. The number of rotatable bonds is 1. The lowest BCUT2D eigenvalue weighted by molar-refractivity contribution is 0.451. The molecule has 1 aliphatic rings. The van der Waals surface area contributed by atoms with Crippen molar-refractivity contribution < 1.29 is 0 Å². The molecule has 0 bridgehead atoms. The minimum Gasteiger partial charge on any atom is -0.317 e. The zero-order valence-corrected chi connectivity index (χ0v) is 9.61. The Kier molecular flexibility index (Phi) is 2.53. The molecule has 5 heteroatoms. The minimum atomic E-state index is 0.493. The molecule has 4 nitrogen and oxygen atoms in total. The molecule has 0 aliphatic carbocycles. The van der Waals surface area contributed by atoms with Crippen molar-refractivity contribution in [1.29, 1.82) is 0 Å². The van der Waals surface area contributed by atoms with Crippen LogP contribution in [0.3, 0.4) is 0 Å². The molecule has 1 aliphatic heterocycles. The highest BCUT2D eigenvalue weighted by atomic mass is 35.5. The monoisotopic (exact) mass is 236 g/mol. The molecule has 0 amide bonds. The fraction of sp³-hybridized carbons (Fsp3) is 0.455. The van der Waals surface area contributed by atoms with Crippen molar-refractivity contribution in [1.82, 2.24) is 19.7 Å². The Balaban J connectivity index is 2.10. The zero-order valence-electron chi connectivity index (χ0n) is 8.86. The van der Waals surface area contributed by atoms with Gasteiger partial charge in [0.2, 0.25) is 5.78 Å². The third-order valence-corrected chi connectivity index (χ3v) is 3.40. The van der Waals surface area contributed by atoms with Crippen molar-refractivity contribution in [3.05, 3.63) is 29.3 Å². The quantitative estimate of drug-likeness (QED) is 0.822. The van der Waals surface area contributed by atoms with Gasteiger partial charge in [-0.15, -0.1) is 0 Å². The lowest BCUT2D eigenvalue weighted by atomic mass is 9.95. The highest BCUT2D eigenvalue weighted by molar-refractivity contribution is 6.30. The summed E-state index contributed by atoms with van der Waals surface area (Å²) in [5.74, 6) is 1.19. The Morgan fingerprint density at radius 2 is 2.19 bits per heavy atom. The Labute approximate surface area is 98.7 Å². The number of aromatic nitrogens is 3. The molecule has 84 valence electrons. The van der Waals surface area contributed by atoms with Crippen LogP contribution in [0.1, 0.15) is 24.5 Å². The van der Waals surface area contributed by atoms with Gasteiger partial charge in [-0.25, -0.2) is 4.98 Å². The molecule has 16 heavy (non-hydrogen) atoms. The largest absolute Gasteiger partial charge is 0.317 e. The topological polar surface area (TPSA) is 42.2 Å². The van der Waals surface area contributed by atoms with Gasteiger partial charge in [-0.3, -0.25) is 4.40 Å². The van der Waals surface area contributed by atoms with Crippen molar-refractivity contribution in [2.75, 3.05) is 13.1 Å². The van der Waals surface area contributed by atoms with Gasteiger partial charge in [0.15, 0.2) is 5.15 Å². The summed E-state index contributed by atoms with van der Waals surface area (Å²) in [4.78, 5) is 8.49. The molecular weight excluding hydrogens is 224 g/mol. The molecular formula is C11H13ClN4. The fourth-order valence-electron chi connectivity index (χ4n) is 2.34. The van der Waals surface area contributed by atoms with E-state index in [4.69, 9.17) is 11.6 Å². The normalized spacial score (nSPS) is 18.1. The third-order valence-electron chi connectivity index (χ3n) is 3.12. The number of piperidine rings is 1. The number of halogens is 1. The van der Waals surface area contributed by atoms with Crippen LogP contribution in [-0.2, 0) is 0 Å². The van der Waals surface area contributed by atoms with E-state index in [-0.39, 0.29) is 0 Å². The Morgan fingerprint density at radius 1 is 1.38 bits per heavy atom. The first-order valence-corrected chi connectivity index (χ1v) is 5.93. The standard InChI is InChI=1S/C11H13ClN4/c12-10-9(8-2-5-13-6-3-8)16-7-1-4-14-11(16)15-10/h1,4,7-8,13H,2-3,5-6H2. The molecule has 3 rings (SSSR count). The average Bonchev–Trinajstić information content (AvgIpc) is 2.66. The maximum atomic E-state index is 6.21. The van der Waals surface area contributed by atoms with Gasteiger partial charge in [0.05, 0.1) is 5.69 Å². The average molecular weight is 237 g/mol. The summed E-state index contributed by atoms with van der Waals surface area (Å²) < 4.78 is 2.01. The molecule has 0 unspecified atom stereocenters. The van der Waals surface area contributed by atoms with E-state index in [0.29, 0.717) is 16.8 Å². The SMILES string of the molecule is Clc1nc2ncccn2c1C1CCNCC1. The van der Waals surface area contributed by atoms with Crippen LogP contribution in [0.4, 0.5) is 0 Å². The number of nitrogens with one attached hydrogen (secondary N) is 1. The van der Waals surface area contributed by atoms with E-state index in [1.807, 2.05) is 16.7 Å². The maximum absolute atomic E-state index is 6.21. The van der Waals surface area contributed by atoms with Gasteiger partial charge in [-0.2, -0.15) is 4.98 Å². The van der Waals surface area contributed by atoms with Crippen LogP contribution in [0.25, 0.3) is 5.78 Å². The molecule has 0 aromatic carbocycles. The van der Waals surface area contributed by atoms with Crippen molar-refractivity contribution >= 4 is 17.4 Å². The number of hydrogen-bond donors (Lipinski definition) is 1. The summed E-state index contributed by atoms with van der Waals surface area (Å²) in [6.45, 7) is 2.10. The van der Waals surface area contributed by atoms with Crippen LogP contribution >= 0.6 is 11.6 Å². The highest BCUT2D eigenvalue weighted by Gasteiger charge is 2.22. The molecule has 0 saturated carbocycles. The molecule has 1 fully saturated rings. The molecule has 2 aromatic heterocycles. The second-order valence-corrected chi connectivity index (χ2v) is 4.46. The number of fused-ring (bicyclic) bond motifs is 1. The molecule has 3 heterocycles. The third kappa shape index (κ3) is 1.58. The van der Waals surface area contributed by atoms with E-state index in [1.165, 1.54) is 0 Å². The van der Waals surface area contributed by atoms with Gasteiger partial charge in [0.25, 0.3) is 0 Å². The van der Waals surface area contributed by atoms with Crippen LogP contribution in [0.5, 0.6) is 0 Å². The summed E-state index contributed by atoms with van der Waals surface area (Å²) in [7, 11) is 0. The first-order chi connectivity index (χ1) is 7.86. The van der Waals surface area contributed by atoms with Crippen LogP contribution in [0.15, 0.2) is 18.5 Å². The summed E-state index contributed by atoms with van der Waals surface area (Å²) in [5.41, 5.74) is 1.12. The molecule has 2 aromatic rings. The van der Waals surface area contributed by atoms with Crippen LogP contribution in [0.2, 0.25) is 5.15 Å². The van der Waals surface area contributed by atoms with Gasteiger partial charge in [-0.05, 0) is 32.0 Å².